The number of aryl methyl sites for hydroxylation is 2. The molecule has 5 nitrogen and oxygen atoms in total. The Morgan fingerprint density at radius 1 is 1.29 bits per heavy atom. The Morgan fingerprint density at radius 3 is 2.75 bits per heavy atom. The van der Waals surface area contributed by atoms with E-state index in [9.17, 15) is 0 Å². The summed E-state index contributed by atoms with van der Waals surface area (Å²) < 4.78 is 3.32. The molecule has 24 heavy (non-hydrogen) atoms. The van der Waals surface area contributed by atoms with Crippen LogP contribution in [0.25, 0.3) is 11.0 Å². The van der Waals surface area contributed by atoms with Crippen LogP contribution in [0.1, 0.15) is 35.7 Å². The molecular formula is C17H19ClIN5. The van der Waals surface area contributed by atoms with Gasteiger partial charge in [-0.15, -0.1) is 0 Å². The van der Waals surface area contributed by atoms with E-state index in [4.69, 9.17) is 17.3 Å². The zero-order chi connectivity index (χ0) is 17.4. The second-order valence-electron chi connectivity index (χ2n) is 5.93. The summed E-state index contributed by atoms with van der Waals surface area (Å²) in [6, 6.07) is 0. The fourth-order valence-corrected chi connectivity index (χ4v) is 3.63. The van der Waals surface area contributed by atoms with E-state index in [0.29, 0.717) is 11.7 Å². The number of nitrogens with two attached hydrogens (primary N) is 1. The number of fused-ring (bicyclic) bond motifs is 1. The topological polar surface area (TPSA) is 69.6 Å². The molecule has 3 aromatic heterocycles. The Bertz CT molecular complexity index is 919. The molecule has 126 valence electrons. The molecule has 0 atom stereocenters. The van der Waals surface area contributed by atoms with E-state index in [1.165, 1.54) is 14.7 Å². The highest BCUT2D eigenvalue weighted by Crippen LogP contribution is 2.29. The highest BCUT2D eigenvalue weighted by Gasteiger charge is 2.16. The van der Waals surface area contributed by atoms with Gasteiger partial charge in [-0.1, -0.05) is 24.9 Å². The van der Waals surface area contributed by atoms with Crippen LogP contribution >= 0.6 is 34.2 Å². The molecule has 2 N–H and O–H groups in total. The molecule has 3 heterocycles. The quantitative estimate of drug-likeness (QED) is 0.471. The van der Waals surface area contributed by atoms with Crippen molar-refractivity contribution in [3.63, 3.8) is 0 Å². The summed E-state index contributed by atoms with van der Waals surface area (Å²) in [5.41, 5.74) is 11.1. The van der Waals surface area contributed by atoms with Gasteiger partial charge >= 0.3 is 0 Å². The molecule has 0 aliphatic carbocycles. The summed E-state index contributed by atoms with van der Waals surface area (Å²) in [6.45, 7) is 6.95. The minimum Gasteiger partial charge on any atom is -0.368 e. The highest BCUT2D eigenvalue weighted by atomic mass is 127. The molecule has 0 aliphatic heterocycles. The lowest BCUT2D eigenvalue weighted by Gasteiger charge is -2.10. The molecule has 0 aliphatic rings. The number of nitrogens with zero attached hydrogens (tertiary/aromatic N) is 4. The molecule has 0 bridgehead atoms. The molecular weight excluding hydrogens is 437 g/mol. The maximum Gasteiger partial charge on any atom is 0.223 e. The van der Waals surface area contributed by atoms with Gasteiger partial charge in [-0.2, -0.15) is 4.98 Å². The first-order chi connectivity index (χ1) is 11.4. The van der Waals surface area contributed by atoms with Crippen LogP contribution in [0.4, 0.5) is 5.95 Å². The molecule has 0 radical (unpaired) electrons. The van der Waals surface area contributed by atoms with Crippen LogP contribution in [0.15, 0.2) is 12.4 Å². The van der Waals surface area contributed by atoms with Crippen LogP contribution in [0.2, 0.25) is 5.15 Å². The van der Waals surface area contributed by atoms with Crippen molar-refractivity contribution in [2.45, 2.75) is 40.2 Å². The second kappa shape index (κ2) is 6.84. The first kappa shape index (κ1) is 17.4. The van der Waals surface area contributed by atoms with Crippen LogP contribution in [-0.4, -0.2) is 19.5 Å². The highest BCUT2D eigenvalue weighted by molar-refractivity contribution is 14.1. The van der Waals surface area contributed by atoms with Gasteiger partial charge in [0.05, 0.1) is 17.6 Å². The molecule has 0 fully saturated rings. The molecule has 7 heteroatoms. The van der Waals surface area contributed by atoms with E-state index in [0.717, 1.165) is 35.1 Å². The number of halogens is 2. The van der Waals surface area contributed by atoms with E-state index in [2.05, 4.69) is 69.1 Å². The van der Waals surface area contributed by atoms with E-state index in [1.54, 1.807) is 0 Å². The zero-order valence-corrected chi connectivity index (χ0v) is 16.8. The number of pyridine rings is 1. The Kier molecular flexibility index (Phi) is 4.96. The second-order valence-corrected chi connectivity index (χ2v) is 7.37. The molecule has 0 spiro atoms. The van der Waals surface area contributed by atoms with Gasteiger partial charge in [0.25, 0.3) is 0 Å². The van der Waals surface area contributed by atoms with Crippen molar-refractivity contribution in [1.29, 1.82) is 0 Å². The normalized spacial score (nSPS) is 11.4. The predicted molar refractivity (Wildman–Crippen MR) is 106 cm³/mol. The average Bonchev–Trinajstić information content (AvgIpc) is 2.86. The summed E-state index contributed by atoms with van der Waals surface area (Å²) in [6.07, 6.45) is 5.97. The molecule has 3 rings (SSSR count). The van der Waals surface area contributed by atoms with Crippen LogP contribution in [0.3, 0.4) is 0 Å². The van der Waals surface area contributed by atoms with Crippen molar-refractivity contribution >= 4 is 51.2 Å². The molecule has 3 aromatic rings. The van der Waals surface area contributed by atoms with Gasteiger partial charge in [-0.05, 0) is 59.5 Å². The maximum atomic E-state index is 6.34. The average molecular weight is 456 g/mol. The Balaban J connectivity index is 2.15. The molecule has 0 unspecified atom stereocenters. The zero-order valence-electron chi connectivity index (χ0n) is 13.9. The van der Waals surface area contributed by atoms with Crippen LogP contribution in [0, 0.1) is 17.4 Å². The van der Waals surface area contributed by atoms with Crippen LogP contribution < -0.4 is 5.73 Å². The lowest BCUT2D eigenvalue weighted by molar-refractivity contribution is 0.780. The van der Waals surface area contributed by atoms with Crippen molar-refractivity contribution in [1.82, 2.24) is 19.5 Å². The van der Waals surface area contributed by atoms with E-state index in [1.807, 2.05) is 6.20 Å². The third-order valence-electron chi connectivity index (χ3n) is 4.13. The summed E-state index contributed by atoms with van der Waals surface area (Å²) in [4.78, 5) is 13.1. The summed E-state index contributed by atoms with van der Waals surface area (Å²) >= 11 is 8.70. The SMILES string of the molecule is CCCc1cn(Cc2ncc(C)c(I)c2C)c2nc(N)nc(Cl)c12. The largest absolute Gasteiger partial charge is 0.368 e. The lowest BCUT2D eigenvalue weighted by atomic mass is 10.1. The predicted octanol–water partition coefficient (Wildman–Crippen LogP) is 4.28. The third-order valence-corrected chi connectivity index (χ3v) is 6.06. The summed E-state index contributed by atoms with van der Waals surface area (Å²) in [5, 5.41) is 1.31. The minimum absolute atomic E-state index is 0.193. The molecule has 0 saturated heterocycles. The number of aromatic nitrogens is 4. The van der Waals surface area contributed by atoms with E-state index < -0.39 is 0 Å². The van der Waals surface area contributed by atoms with Crippen molar-refractivity contribution in [3.05, 3.63) is 43.5 Å². The smallest absolute Gasteiger partial charge is 0.223 e. The fraction of sp³-hybridized carbons (Fsp3) is 0.353. The monoisotopic (exact) mass is 455 g/mol. The molecule has 0 amide bonds. The van der Waals surface area contributed by atoms with Gasteiger partial charge in [0.1, 0.15) is 10.8 Å². The Hall–Kier alpha value is -1.41. The third kappa shape index (κ3) is 3.09. The number of hydrogen-bond donors (Lipinski definition) is 1. The maximum absolute atomic E-state index is 6.34. The Labute approximate surface area is 159 Å². The van der Waals surface area contributed by atoms with Gasteiger partial charge in [0.2, 0.25) is 5.95 Å². The van der Waals surface area contributed by atoms with Crippen molar-refractivity contribution < 1.29 is 0 Å². The number of anilines is 1. The summed E-state index contributed by atoms with van der Waals surface area (Å²) in [5.74, 6) is 0.193. The van der Waals surface area contributed by atoms with E-state index >= 15 is 0 Å². The molecule has 0 aromatic carbocycles. The molecule has 0 saturated carbocycles. The first-order valence-corrected chi connectivity index (χ1v) is 9.29. The van der Waals surface area contributed by atoms with Crippen molar-refractivity contribution in [2.75, 3.05) is 5.73 Å². The van der Waals surface area contributed by atoms with Crippen molar-refractivity contribution in [3.8, 4) is 0 Å². The minimum atomic E-state index is 0.193. The van der Waals surface area contributed by atoms with Gasteiger partial charge in [-0.3, -0.25) is 4.98 Å². The standard InChI is InChI=1S/C17H19ClIN5/c1-4-5-11-7-24(16-13(11)15(18)22-17(20)23-16)8-12-10(3)14(19)9(2)6-21-12/h6-7H,4-5,8H2,1-3H3,(H2,20,22,23). The van der Waals surface area contributed by atoms with Gasteiger partial charge in [0.15, 0.2) is 0 Å². The number of rotatable bonds is 4. The lowest BCUT2D eigenvalue weighted by Crippen LogP contribution is -2.06. The number of hydrogen-bond acceptors (Lipinski definition) is 4. The first-order valence-electron chi connectivity index (χ1n) is 7.83. The van der Waals surface area contributed by atoms with Crippen molar-refractivity contribution in [2.24, 2.45) is 0 Å². The van der Waals surface area contributed by atoms with Gasteiger partial charge in [0, 0.05) is 16.0 Å². The van der Waals surface area contributed by atoms with E-state index in [-0.39, 0.29) is 5.95 Å². The number of nitrogen functional groups attached to an aromatic ring is 1. The van der Waals surface area contributed by atoms with Gasteiger partial charge in [-0.25, -0.2) is 4.98 Å². The summed E-state index contributed by atoms with van der Waals surface area (Å²) in [7, 11) is 0. The van der Waals surface area contributed by atoms with Gasteiger partial charge < -0.3 is 10.3 Å². The van der Waals surface area contributed by atoms with Crippen LogP contribution in [0.5, 0.6) is 0 Å². The van der Waals surface area contributed by atoms with Crippen LogP contribution in [-0.2, 0) is 13.0 Å². The fourth-order valence-electron chi connectivity index (χ4n) is 2.89. The Morgan fingerprint density at radius 2 is 2.04 bits per heavy atom.